The molecule has 0 radical (unpaired) electrons. The summed E-state index contributed by atoms with van der Waals surface area (Å²) < 4.78 is 3.49. The lowest BCUT2D eigenvalue weighted by atomic mass is 10.0. The second-order valence-electron chi connectivity index (χ2n) is 6.67. The first-order valence-electron chi connectivity index (χ1n) is 8.42. The summed E-state index contributed by atoms with van der Waals surface area (Å²) in [6, 6.07) is 7.56. The van der Waals surface area contributed by atoms with E-state index >= 15 is 0 Å². The molecule has 3 rings (SSSR count). The summed E-state index contributed by atoms with van der Waals surface area (Å²) in [6.45, 7) is 3.94. The smallest absolute Gasteiger partial charge is 0.325 e. The molecule has 0 saturated carbocycles. The Morgan fingerprint density at radius 2 is 1.93 bits per heavy atom. The maximum Gasteiger partial charge on any atom is 0.332 e. The van der Waals surface area contributed by atoms with Gasteiger partial charge in [-0.2, -0.15) is 4.98 Å². The quantitative estimate of drug-likeness (QED) is 0.689. The lowest BCUT2D eigenvalue weighted by molar-refractivity contribution is -0.116. The van der Waals surface area contributed by atoms with Gasteiger partial charge >= 0.3 is 5.69 Å². The van der Waals surface area contributed by atoms with E-state index in [4.69, 9.17) is 11.6 Å². The van der Waals surface area contributed by atoms with Crippen molar-refractivity contribution >= 4 is 34.4 Å². The van der Waals surface area contributed by atoms with E-state index in [1.807, 2.05) is 18.2 Å². The Morgan fingerprint density at radius 1 is 1.22 bits per heavy atom. The van der Waals surface area contributed by atoms with Crippen molar-refractivity contribution in [3.05, 3.63) is 56.0 Å². The number of aromatic nitrogens is 4. The number of nitrogens with zero attached hydrogens (tertiary/aromatic N) is 4. The molecule has 0 fully saturated rings. The van der Waals surface area contributed by atoms with Crippen LogP contribution in [0.25, 0.3) is 11.2 Å². The Bertz CT molecular complexity index is 1160. The molecule has 9 heteroatoms. The van der Waals surface area contributed by atoms with Crippen molar-refractivity contribution < 1.29 is 4.79 Å². The van der Waals surface area contributed by atoms with Crippen LogP contribution in [0.4, 0.5) is 5.69 Å². The molecular formula is C18H20ClN5O3. The molecule has 2 heterocycles. The third-order valence-electron chi connectivity index (χ3n) is 4.44. The van der Waals surface area contributed by atoms with E-state index in [0.717, 1.165) is 10.1 Å². The maximum absolute atomic E-state index is 12.5. The predicted molar refractivity (Wildman–Crippen MR) is 104 cm³/mol. The van der Waals surface area contributed by atoms with Gasteiger partial charge in [-0.1, -0.05) is 26.0 Å². The van der Waals surface area contributed by atoms with Crippen LogP contribution in [0.5, 0.6) is 0 Å². The van der Waals surface area contributed by atoms with Crippen molar-refractivity contribution in [3.8, 4) is 0 Å². The molecule has 142 valence electrons. The Balaban J connectivity index is 1.96. The van der Waals surface area contributed by atoms with E-state index < -0.39 is 11.2 Å². The third-order valence-corrected chi connectivity index (χ3v) is 4.73. The first-order chi connectivity index (χ1) is 12.7. The molecule has 1 amide bonds. The van der Waals surface area contributed by atoms with Gasteiger partial charge in [-0.25, -0.2) is 4.79 Å². The van der Waals surface area contributed by atoms with Crippen molar-refractivity contribution in [1.29, 1.82) is 0 Å². The second kappa shape index (κ2) is 7.03. The highest BCUT2D eigenvalue weighted by molar-refractivity contribution is 6.29. The zero-order chi connectivity index (χ0) is 19.9. The molecule has 0 spiro atoms. The summed E-state index contributed by atoms with van der Waals surface area (Å²) in [5.41, 5.74) is 0.944. The molecular weight excluding hydrogens is 370 g/mol. The highest BCUT2D eigenvalue weighted by atomic mass is 35.5. The average molecular weight is 390 g/mol. The van der Waals surface area contributed by atoms with Crippen molar-refractivity contribution in [2.24, 2.45) is 14.1 Å². The van der Waals surface area contributed by atoms with Crippen LogP contribution in [-0.2, 0) is 25.4 Å². The molecule has 8 nitrogen and oxygen atoms in total. The first kappa shape index (κ1) is 18.9. The van der Waals surface area contributed by atoms with Crippen LogP contribution in [0.3, 0.4) is 0 Å². The second-order valence-corrected chi connectivity index (χ2v) is 7.01. The average Bonchev–Trinajstić information content (AvgIpc) is 2.95. The number of carbonyl (C=O) groups is 1. The Morgan fingerprint density at radius 3 is 2.59 bits per heavy atom. The van der Waals surface area contributed by atoms with Crippen molar-refractivity contribution in [1.82, 2.24) is 18.7 Å². The van der Waals surface area contributed by atoms with Crippen molar-refractivity contribution in [3.63, 3.8) is 0 Å². The molecule has 1 aromatic carbocycles. The standard InChI is InChI=1S/C18H20ClN5O3/c1-10(2)11-6-5-7-12(8-11)20-13(25)9-24-14-15(21-17(24)19)22(3)18(27)23(4)16(14)26/h5-8,10H,9H2,1-4H3,(H,20,25). The zero-order valence-corrected chi connectivity index (χ0v) is 16.2. The Hall–Kier alpha value is -2.87. The predicted octanol–water partition coefficient (Wildman–Crippen LogP) is 1.85. The number of rotatable bonds is 4. The van der Waals surface area contributed by atoms with Gasteiger partial charge in [0.2, 0.25) is 11.2 Å². The van der Waals surface area contributed by atoms with Gasteiger partial charge in [-0.3, -0.25) is 23.3 Å². The van der Waals surface area contributed by atoms with Crippen molar-refractivity contribution in [2.75, 3.05) is 5.32 Å². The fraction of sp³-hybridized carbons (Fsp3) is 0.333. The van der Waals surface area contributed by atoms with Gasteiger partial charge in [-0.05, 0) is 35.2 Å². The van der Waals surface area contributed by atoms with Gasteiger partial charge < -0.3 is 5.32 Å². The number of hydrogen-bond acceptors (Lipinski definition) is 4. The SMILES string of the molecule is CC(C)c1cccc(NC(=O)Cn2c(Cl)nc3c2c(=O)n(C)c(=O)n3C)c1. The maximum atomic E-state index is 12.5. The van der Waals surface area contributed by atoms with Gasteiger partial charge in [0.25, 0.3) is 5.56 Å². The van der Waals surface area contributed by atoms with E-state index in [1.54, 1.807) is 6.07 Å². The number of anilines is 1. The number of benzene rings is 1. The normalized spacial score (nSPS) is 11.3. The minimum Gasteiger partial charge on any atom is -0.325 e. The molecule has 3 aromatic rings. The summed E-state index contributed by atoms with van der Waals surface area (Å²) >= 11 is 6.14. The van der Waals surface area contributed by atoms with E-state index in [1.165, 1.54) is 23.2 Å². The molecule has 0 bridgehead atoms. The summed E-state index contributed by atoms with van der Waals surface area (Å²) in [5, 5.41) is 2.77. The highest BCUT2D eigenvalue weighted by Gasteiger charge is 2.19. The summed E-state index contributed by atoms with van der Waals surface area (Å²) in [4.78, 5) is 41.1. The van der Waals surface area contributed by atoms with E-state index in [-0.39, 0.29) is 28.9 Å². The number of nitrogens with one attached hydrogen (secondary N) is 1. The third kappa shape index (κ3) is 3.40. The van der Waals surface area contributed by atoms with E-state index in [0.29, 0.717) is 11.6 Å². The lowest BCUT2D eigenvalue weighted by Crippen LogP contribution is -2.37. The van der Waals surface area contributed by atoms with Crippen molar-refractivity contribution in [2.45, 2.75) is 26.3 Å². The van der Waals surface area contributed by atoms with E-state index in [2.05, 4.69) is 24.1 Å². The van der Waals surface area contributed by atoms with Crippen LogP contribution in [0, 0.1) is 0 Å². The topological polar surface area (TPSA) is 90.9 Å². The summed E-state index contributed by atoms with van der Waals surface area (Å²) in [6.07, 6.45) is 0. The number of hydrogen-bond donors (Lipinski definition) is 1. The zero-order valence-electron chi connectivity index (χ0n) is 15.5. The van der Waals surface area contributed by atoms with Crippen LogP contribution in [0.2, 0.25) is 5.28 Å². The number of carbonyl (C=O) groups excluding carboxylic acids is 1. The van der Waals surface area contributed by atoms with Gasteiger partial charge in [0.15, 0.2) is 11.2 Å². The Labute approximate surface area is 160 Å². The first-order valence-corrected chi connectivity index (χ1v) is 8.80. The minimum atomic E-state index is -0.554. The molecule has 0 saturated heterocycles. The fourth-order valence-corrected chi connectivity index (χ4v) is 3.11. The molecule has 0 atom stereocenters. The summed E-state index contributed by atoms with van der Waals surface area (Å²) in [7, 11) is 2.86. The largest absolute Gasteiger partial charge is 0.332 e. The fourth-order valence-electron chi connectivity index (χ4n) is 2.88. The van der Waals surface area contributed by atoms with E-state index in [9.17, 15) is 14.4 Å². The number of amides is 1. The van der Waals surface area contributed by atoms with Gasteiger partial charge in [-0.15, -0.1) is 0 Å². The van der Waals surface area contributed by atoms with Gasteiger partial charge in [0.1, 0.15) is 6.54 Å². The minimum absolute atomic E-state index is 0.0330. The monoisotopic (exact) mass is 389 g/mol. The molecule has 0 aliphatic rings. The molecule has 0 unspecified atom stereocenters. The summed E-state index contributed by atoms with van der Waals surface area (Å²) in [5.74, 6) is -0.0220. The lowest BCUT2D eigenvalue weighted by Gasteiger charge is -2.11. The van der Waals surface area contributed by atoms with Crippen LogP contribution >= 0.6 is 11.6 Å². The molecule has 0 aliphatic heterocycles. The number of aryl methyl sites for hydroxylation is 1. The highest BCUT2D eigenvalue weighted by Crippen LogP contribution is 2.19. The molecule has 1 N–H and O–H groups in total. The van der Waals surface area contributed by atoms with Gasteiger partial charge in [0, 0.05) is 19.8 Å². The van der Waals surface area contributed by atoms with Crippen LogP contribution in [0.1, 0.15) is 25.3 Å². The number of halogens is 1. The molecule has 2 aromatic heterocycles. The number of fused-ring (bicyclic) bond motifs is 1. The number of imidazole rings is 1. The van der Waals surface area contributed by atoms with Crippen LogP contribution < -0.4 is 16.6 Å². The van der Waals surface area contributed by atoms with Gasteiger partial charge in [0.05, 0.1) is 0 Å². The molecule has 27 heavy (non-hydrogen) atoms. The van der Waals surface area contributed by atoms with Crippen LogP contribution in [0.15, 0.2) is 33.9 Å². The molecule has 0 aliphatic carbocycles. The Kier molecular flexibility index (Phi) is 4.93. The van der Waals surface area contributed by atoms with Crippen LogP contribution in [-0.4, -0.2) is 24.6 Å².